The van der Waals surface area contributed by atoms with Crippen molar-refractivity contribution in [1.29, 1.82) is 0 Å². The molecule has 0 rings (SSSR count). The van der Waals surface area contributed by atoms with Gasteiger partial charge in [-0.05, 0) is 143 Å². The zero-order chi connectivity index (χ0) is 46.2. The van der Waals surface area contributed by atoms with E-state index in [1.165, 1.54) is 141 Å². The summed E-state index contributed by atoms with van der Waals surface area (Å²) in [5.74, 6) is -1.18. The molecule has 0 aliphatic heterocycles. The van der Waals surface area contributed by atoms with Gasteiger partial charge in [-0.15, -0.1) is 0 Å². The first-order valence-corrected chi connectivity index (χ1v) is 25.6. The highest BCUT2D eigenvalue weighted by atomic mass is 16.9. The van der Waals surface area contributed by atoms with E-state index in [4.69, 9.17) is 28.4 Å². The average molecular weight is 855 g/mol. The topological polar surface area (TPSA) is 55.4 Å². The van der Waals surface area contributed by atoms with Crippen LogP contribution in [-0.2, 0) is 28.4 Å². The second-order valence-electron chi connectivity index (χ2n) is 24.5. The molecule has 0 radical (unpaired) electrons. The smallest absolute Gasteiger partial charge is 0.284 e. The van der Waals surface area contributed by atoms with Gasteiger partial charge in [0.15, 0.2) is 0 Å². The molecule has 0 aliphatic carbocycles. The van der Waals surface area contributed by atoms with Crippen LogP contribution in [-0.4, -0.2) is 45.6 Å². The molecule has 0 amide bonds. The van der Waals surface area contributed by atoms with Crippen molar-refractivity contribution < 1.29 is 28.4 Å². The van der Waals surface area contributed by atoms with E-state index in [1.54, 1.807) is 0 Å². The molecular weight excluding hydrogens is 745 g/mol. The summed E-state index contributed by atoms with van der Waals surface area (Å²) in [5, 5.41) is 0. The molecule has 0 unspecified atom stereocenters. The predicted molar refractivity (Wildman–Crippen MR) is 260 cm³/mol. The molecule has 0 aliphatic rings. The Morgan fingerprint density at radius 2 is 0.433 bits per heavy atom. The van der Waals surface area contributed by atoms with Gasteiger partial charge in [0.2, 0.25) is 0 Å². The molecule has 60 heavy (non-hydrogen) atoms. The lowest BCUT2D eigenvalue weighted by molar-refractivity contribution is -0.450. The van der Waals surface area contributed by atoms with Crippen LogP contribution in [0.3, 0.4) is 0 Å². The highest BCUT2D eigenvalue weighted by Gasteiger charge is 2.45. The summed E-state index contributed by atoms with van der Waals surface area (Å²) in [7, 11) is 0. The van der Waals surface area contributed by atoms with Crippen LogP contribution in [0.15, 0.2) is 0 Å². The molecule has 0 spiro atoms. The van der Waals surface area contributed by atoms with E-state index >= 15 is 0 Å². The van der Waals surface area contributed by atoms with Crippen LogP contribution in [0.4, 0.5) is 0 Å². The van der Waals surface area contributed by atoms with Gasteiger partial charge >= 0.3 is 0 Å². The van der Waals surface area contributed by atoms with Gasteiger partial charge in [0.25, 0.3) is 11.9 Å². The van der Waals surface area contributed by atoms with Gasteiger partial charge in [-0.25, -0.2) is 0 Å². The first-order chi connectivity index (χ1) is 27.4. The van der Waals surface area contributed by atoms with Crippen LogP contribution in [0.5, 0.6) is 0 Å². The van der Waals surface area contributed by atoms with Gasteiger partial charge in [0.1, 0.15) is 0 Å². The Labute approximate surface area is 377 Å². The number of rotatable bonds is 34. The summed E-state index contributed by atoms with van der Waals surface area (Å²) in [6.07, 6.45) is 33.4. The van der Waals surface area contributed by atoms with E-state index in [1.807, 2.05) is 0 Å². The SMILES string of the molecule is CCCCCCCCCC(CCCCCCCCCC(OC(C)(C)C)(OC(C)(C)C)OC(C)(C)C)CCCCCCCCCC(OC(C)(C)C)(OC(C)(C)C)OC(C)(C)C. The maximum atomic E-state index is 6.57. The summed E-state index contributed by atoms with van der Waals surface area (Å²) in [4.78, 5) is 0. The van der Waals surface area contributed by atoms with E-state index in [2.05, 4.69) is 132 Å². The molecule has 0 saturated heterocycles. The van der Waals surface area contributed by atoms with Gasteiger partial charge in [-0.1, -0.05) is 148 Å². The van der Waals surface area contributed by atoms with Crippen LogP contribution in [0, 0.1) is 5.92 Å². The predicted octanol–water partition coefficient (Wildman–Crippen LogP) is 18.0. The molecule has 0 aromatic rings. The lowest BCUT2D eigenvalue weighted by Gasteiger charge is -2.45. The Kier molecular flexibility index (Phi) is 28.5. The van der Waals surface area contributed by atoms with Crippen LogP contribution in [0.1, 0.15) is 298 Å². The molecule has 0 bridgehead atoms. The van der Waals surface area contributed by atoms with Crippen molar-refractivity contribution in [3.05, 3.63) is 0 Å². The zero-order valence-corrected chi connectivity index (χ0v) is 44.4. The highest BCUT2D eigenvalue weighted by molar-refractivity contribution is 4.77. The average Bonchev–Trinajstić information content (AvgIpc) is 3.00. The van der Waals surface area contributed by atoms with Crippen molar-refractivity contribution in [3.63, 3.8) is 0 Å². The first-order valence-electron chi connectivity index (χ1n) is 25.6. The summed E-state index contributed by atoms with van der Waals surface area (Å²) in [5.41, 5.74) is -2.22. The molecule has 0 heterocycles. The lowest BCUT2D eigenvalue weighted by atomic mass is 9.89. The van der Waals surface area contributed by atoms with Crippen molar-refractivity contribution >= 4 is 0 Å². The molecule has 362 valence electrons. The highest BCUT2D eigenvalue weighted by Crippen LogP contribution is 2.38. The summed E-state index contributed by atoms with van der Waals surface area (Å²) in [6.45, 7) is 39.9. The fourth-order valence-corrected chi connectivity index (χ4v) is 8.37. The van der Waals surface area contributed by atoms with Gasteiger partial charge < -0.3 is 28.4 Å². The van der Waals surface area contributed by atoms with Crippen molar-refractivity contribution in [1.82, 2.24) is 0 Å². The Morgan fingerprint density at radius 3 is 0.633 bits per heavy atom. The largest absolute Gasteiger partial charge is 0.322 e. The normalized spacial score (nSPS) is 14.2. The zero-order valence-electron chi connectivity index (χ0n) is 44.4. The van der Waals surface area contributed by atoms with Crippen LogP contribution < -0.4 is 0 Å². The van der Waals surface area contributed by atoms with Crippen molar-refractivity contribution in [2.75, 3.05) is 0 Å². The van der Waals surface area contributed by atoms with Crippen LogP contribution in [0.2, 0.25) is 0 Å². The number of ether oxygens (including phenoxy) is 6. The second-order valence-corrected chi connectivity index (χ2v) is 24.5. The standard InChI is InChI=1S/C54H110O6/c1-20-21-22-23-26-31-36-41-46(42-37-32-27-24-29-34-39-44-53(55-47(2,3)4,56-48(5,6)7)57-49(8,9)10)43-38-33-28-25-30-35-40-45-54(58-50(11,12)13,59-51(14,15)16)60-52(17,18)19/h46H,20-45H2,1-19H3. The van der Waals surface area contributed by atoms with Crippen molar-refractivity contribution in [2.45, 2.75) is 344 Å². The summed E-state index contributed by atoms with van der Waals surface area (Å²) < 4.78 is 39.4. The van der Waals surface area contributed by atoms with Crippen LogP contribution in [0.25, 0.3) is 0 Å². The fourth-order valence-electron chi connectivity index (χ4n) is 8.37. The van der Waals surface area contributed by atoms with Crippen molar-refractivity contribution in [2.24, 2.45) is 5.92 Å². The number of hydrogen-bond donors (Lipinski definition) is 0. The quantitative estimate of drug-likeness (QED) is 0.0475. The molecule has 0 fully saturated rings. The molecule has 0 aromatic carbocycles. The molecule has 6 heteroatoms. The Balaban J connectivity index is 4.88. The molecule has 0 saturated carbocycles. The lowest BCUT2D eigenvalue weighted by Crippen LogP contribution is -2.52. The maximum Gasteiger partial charge on any atom is 0.284 e. The minimum atomic E-state index is -1.04. The molecule has 0 atom stereocenters. The minimum Gasteiger partial charge on any atom is -0.322 e. The minimum absolute atomic E-state index is 0.370. The van der Waals surface area contributed by atoms with Gasteiger partial charge in [0.05, 0.1) is 33.6 Å². The third-order valence-corrected chi connectivity index (χ3v) is 10.2. The maximum absolute atomic E-state index is 6.57. The third-order valence-electron chi connectivity index (χ3n) is 10.2. The van der Waals surface area contributed by atoms with Gasteiger partial charge in [-0.3, -0.25) is 0 Å². The van der Waals surface area contributed by atoms with Crippen molar-refractivity contribution in [3.8, 4) is 0 Å². The fraction of sp³-hybridized carbons (Fsp3) is 1.00. The second kappa shape index (κ2) is 28.6. The number of hydrogen-bond acceptors (Lipinski definition) is 6. The molecule has 0 aromatic heterocycles. The summed E-state index contributed by atoms with van der Waals surface area (Å²) >= 11 is 0. The van der Waals surface area contributed by atoms with E-state index in [0.29, 0.717) is 0 Å². The monoisotopic (exact) mass is 855 g/mol. The van der Waals surface area contributed by atoms with E-state index in [-0.39, 0.29) is 33.6 Å². The number of unbranched alkanes of at least 4 members (excludes halogenated alkanes) is 18. The third kappa shape index (κ3) is 37.2. The first kappa shape index (κ1) is 59.8. The molecular formula is C54H110O6. The van der Waals surface area contributed by atoms with Gasteiger partial charge in [-0.2, -0.15) is 0 Å². The Bertz CT molecular complexity index is 870. The van der Waals surface area contributed by atoms with Gasteiger partial charge in [0, 0.05) is 12.8 Å². The van der Waals surface area contributed by atoms with E-state index < -0.39 is 11.9 Å². The Morgan fingerprint density at radius 1 is 0.250 bits per heavy atom. The Hall–Kier alpha value is -0.240. The summed E-state index contributed by atoms with van der Waals surface area (Å²) in [6, 6.07) is 0. The van der Waals surface area contributed by atoms with E-state index in [0.717, 1.165) is 31.6 Å². The van der Waals surface area contributed by atoms with Crippen LogP contribution >= 0.6 is 0 Å². The van der Waals surface area contributed by atoms with E-state index in [9.17, 15) is 0 Å². The molecule has 0 N–H and O–H groups in total. The molecule has 6 nitrogen and oxygen atoms in total.